The maximum absolute atomic E-state index is 5.57. The van der Waals surface area contributed by atoms with Crippen molar-refractivity contribution in [3.05, 3.63) is 22.3 Å². The molecule has 0 radical (unpaired) electrons. The Morgan fingerprint density at radius 2 is 2.53 bits per heavy atom. The van der Waals surface area contributed by atoms with E-state index < -0.39 is 0 Å². The van der Waals surface area contributed by atoms with E-state index in [2.05, 4.69) is 33.9 Å². The van der Waals surface area contributed by atoms with Crippen molar-refractivity contribution in [1.82, 2.24) is 4.98 Å². The number of ether oxygens (including phenoxy) is 1. The Morgan fingerprint density at radius 3 is 3.20 bits per heavy atom. The summed E-state index contributed by atoms with van der Waals surface area (Å²) in [6, 6.07) is 2.11. The Bertz CT molecular complexity index is 339. The van der Waals surface area contributed by atoms with Crippen molar-refractivity contribution in [1.29, 1.82) is 0 Å². The van der Waals surface area contributed by atoms with Gasteiger partial charge in [0.1, 0.15) is 0 Å². The molecule has 0 aliphatic carbocycles. The highest BCUT2D eigenvalue weighted by Crippen LogP contribution is 2.25. The minimum Gasteiger partial charge on any atom is -0.377 e. The summed E-state index contributed by atoms with van der Waals surface area (Å²) < 4.78 is 6.64. The summed E-state index contributed by atoms with van der Waals surface area (Å²) in [5.74, 6) is 1.02. The molecule has 4 heteroatoms. The van der Waals surface area contributed by atoms with Gasteiger partial charge < -0.3 is 4.74 Å². The van der Waals surface area contributed by atoms with Gasteiger partial charge in [0.15, 0.2) is 0 Å². The average molecular weight is 288 g/mol. The van der Waals surface area contributed by atoms with Gasteiger partial charge >= 0.3 is 0 Å². The quantitative estimate of drug-likeness (QED) is 0.796. The fraction of sp³-hybridized carbons (Fsp3) is 0.545. The summed E-state index contributed by atoms with van der Waals surface area (Å²) in [4.78, 5) is 4.36. The van der Waals surface area contributed by atoms with Crippen LogP contribution in [-0.4, -0.2) is 23.4 Å². The van der Waals surface area contributed by atoms with Crippen LogP contribution in [-0.2, 0) is 4.74 Å². The predicted molar refractivity (Wildman–Crippen MR) is 66.4 cm³/mol. The van der Waals surface area contributed by atoms with Gasteiger partial charge in [-0.25, -0.2) is 4.98 Å². The maximum atomic E-state index is 5.57. The van der Waals surface area contributed by atoms with Crippen molar-refractivity contribution >= 4 is 27.7 Å². The number of hydrogen-bond acceptors (Lipinski definition) is 3. The monoisotopic (exact) mass is 287 g/mol. The van der Waals surface area contributed by atoms with Gasteiger partial charge in [-0.2, -0.15) is 0 Å². The van der Waals surface area contributed by atoms with Crippen LogP contribution in [0.4, 0.5) is 0 Å². The largest absolute Gasteiger partial charge is 0.377 e. The van der Waals surface area contributed by atoms with Crippen molar-refractivity contribution in [2.75, 3.05) is 12.4 Å². The van der Waals surface area contributed by atoms with Crippen LogP contribution in [0.15, 0.2) is 21.8 Å². The molecule has 0 saturated carbocycles. The van der Waals surface area contributed by atoms with Gasteiger partial charge in [-0.3, -0.25) is 0 Å². The second-order valence-corrected chi connectivity index (χ2v) is 5.61. The summed E-state index contributed by atoms with van der Waals surface area (Å²) in [5, 5.41) is 1.09. The van der Waals surface area contributed by atoms with Crippen LogP contribution >= 0.6 is 27.7 Å². The summed E-state index contributed by atoms with van der Waals surface area (Å²) in [6.45, 7) is 3.01. The smallest absolute Gasteiger partial charge is 0.0964 e. The lowest BCUT2D eigenvalue weighted by Crippen LogP contribution is -2.07. The Balaban J connectivity index is 1.90. The number of pyridine rings is 1. The van der Waals surface area contributed by atoms with E-state index >= 15 is 0 Å². The fourth-order valence-corrected chi connectivity index (χ4v) is 2.77. The Kier molecular flexibility index (Phi) is 4.05. The topological polar surface area (TPSA) is 22.1 Å². The molecule has 0 spiro atoms. The van der Waals surface area contributed by atoms with Gasteiger partial charge in [-0.15, -0.1) is 11.8 Å². The Hall–Kier alpha value is -0.0600. The predicted octanol–water partition coefficient (Wildman–Crippen LogP) is 3.42. The van der Waals surface area contributed by atoms with Gasteiger partial charge in [0.2, 0.25) is 0 Å². The van der Waals surface area contributed by atoms with Gasteiger partial charge in [0.05, 0.1) is 11.1 Å². The van der Waals surface area contributed by atoms with E-state index in [9.17, 15) is 0 Å². The normalized spacial score (nSPS) is 20.8. The lowest BCUT2D eigenvalue weighted by atomic mass is 10.3. The van der Waals surface area contributed by atoms with E-state index in [0.717, 1.165) is 21.9 Å². The molecule has 82 valence electrons. The molecule has 0 aromatic carbocycles. The summed E-state index contributed by atoms with van der Waals surface area (Å²) in [7, 11) is 0. The van der Waals surface area contributed by atoms with Crippen LogP contribution in [0.25, 0.3) is 0 Å². The molecule has 1 unspecified atom stereocenters. The lowest BCUT2D eigenvalue weighted by Gasteiger charge is -2.08. The van der Waals surface area contributed by atoms with Crippen molar-refractivity contribution in [3.63, 3.8) is 0 Å². The molecule has 0 bridgehead atoms. The van der Waals surface area contributed by atoms with Gasteiger partial charge in [0, 0.05) is 23.0 Å². The number of hydrogen-bond donors (Lipinski definition) is 0. The zero-order chi connectivity index (χ0) is 10.7. The molecule has 15 heavy (non-hydrogen) atoms. The number of thioether (sulfide) groups is 1. The number of aryl methyl sites for hydroxylation is 1. The SMILES string of the molecule is Cc1cc(SCC2CCCO2)ncc1Br. The molecule has 1 aromatic rings. The number of aromatic nitrogens is 1. The Labute approximate surface area is 103 Å². The first kappa shape index (κ1) is 11.4. The van der Waals surface area contributed by atoms with E-state index in [1.165, 1.54) is 18.4 Å². The number of halogens is 1. The zero-order valence-corrected chi connectivity index (χ0v) is 11.1. The van der Waals surface area contributed by atoms with Gasteiger partial charge in [0.25, 0.3) is 0 Å². The lowest BCUT2D eigenvalue weighted by molar-refractivity contribution is 0.129. The van der Waals surface area contributed by atoms with Crippen LogP contribution in [0.3, 0.4) is 0 Å². The van der Waals surface area contributed by atoms with E-state index in [1.807, 2.05) is 6.20 Å². The summed E-state index contributed by atoms with van der Waals surface area (Å²) in [6.07, 6.45) is 4.70. The molecule has 2 nitrogen and oxygen atoms in total. The number of nitrogens with zero attached hydrogens (tertiary/aromatic N) is 1. The number of rotatable bonds is 3. The highest BCUT2D eigenvalue weighted by Gasteiger charge is 2.15. The second kappa shape index (κ2) is 5.32. The van der Waals surface area contributed by atoms with E-state index in [1.54, 1.807) is 11.8 Å². The molecule has 1 atom stereocenters. The maximum Gasteiger partial charge on any atom is 0.0964 e. The van der Waals surface area contributed by atoms with Crippen molar-refractivity contribution in [2.45, 2.75) is 30.9 Å². The van der Waals surface area contributed by atoms with Crippen LogP contribution in [0, 0.1) is 6.92 Å². The van der Waals surface area contributed by atoms with Crippen molar-refractivity contribution in [3.8, 4) is 0 Å². The third-order valence-electron chi connectivity index (χ3n) is 2.46. The summed E-state index contributed by atoms with van der Waals surface area (Å²) >= 11 is 5.23. The molecular formula is C11H14BrNOS. The van der Waals surface area contributed by atoms with Gasteiger partial charge in [-0.1, -0.05) is 0 Å². The van der Waals surface area contributed by atoms with Crippen LogP contribution < -0.4 is 0 Å². The van der Waals surface area contributed by atoms with Crippen molar-refractivity contribution < 1.29 is 4.74 Å². The standard InChI is InChI=1S/C11H14BrNOS/c1-8-5-11(13-6-10(8)12)15-7-9-3-2-4-14-9/h5-6,9H,2-4,7H2,1H3. The molecule has 2 rings (SSSR count). The molecular weight excluding hydrogens is 274 g/mol. The first-order valence-corrected chi connectivity index (χ1v) is 6.90. The first-order chi connectivity index (χ1) is 7.25. The first-order valence-electron chi connectivity index (χ1n) is 5.12. The molecule has 2 heterocycles. The molecule has 1 fully saturated rings. The minimum atomic E-state index is 0.431. The molecule has 0 amide bonds. The molecule has 1 aliphatic heterocycles. The van der Waals surface area contributed by atoms with Crippen molar-refractivity contribution in [2.24, 2.45) is 0 Å². The third kappa shape index (κ3) is 3.20. The molecule has 1 aromatic heterocycles. The van der Waals surface area contributed by atoms with Gasteiger partial charge in [-0.05, 0) is 47.3 Å². The zero-order valence-electron chi connectivity index (χ0n) is 8.70. The minimum absolute atomic E-state index is 0.431. The van der Waals surface area contributed by atoms with Crippen LogP contribution in [0.5, 0.6) is 0 Å². The fourth-order valence-electron chi connectivity index (χ4n) is 1.55. The van der Waals surface area contributed by atoms with Crippen LogP contribution in [0.2, 0.25) is 0 Å². The average Bonchev–Trinajstić information content (AvgIpc) is 2.73. The second-order valence-electron chi connectivity index (χ2n) is 3.72. The highest BCUT2D eigenvalue weighted by molar-refractivity contribution is 9.10. The molecule has 0 N–H and O–H groups in total. The molecule has 1 aliphatic rings. The van der Waals surface area contributed by atoms with E-state index in [-0.39, 0.29) is 0 Å². The third-order valence-corrected chi connectivity index (χ3v) is 4.35. The van der Waals surface area contributed by atoms with E-state index in [0.29, 0.717) is 6.10 Å². The van der Waals surface area contributed by atoms with Crippen LogP contribution in [0.1, 0.15) is 18.4 Å². The highest BCUT2D eigenvalue weighted by atomic mass is 79.9. The molecule has 1 saturated heterocycles. The Morgan fingerprint density at radius 1 is 1.67 bits per heavy atom. The van der Waals surface area contributed by atoms with E-state index in [4.69, 9.17) is 4.74 Å². The summed E-state index contributed by atoms with van der Waals surface area (Å²) in [5.41, 5.74) is 1.24.